The van der Waals surface area contributed by atoms with Crippen LogP contribution in [-0.2, 0) is 0 Å². The van der Waals surface area contributed by atoms with Gasteiger partial charge in [-0.2, -0.15) is 0 Å². The molecule has 0 aliphatic rings. The highest BCUT2D eigenvalue weighted by Gasteiger charge is 2.15. The van der Waals surface area contributed by atoms with Gasteiger partial charge in [0.05, 0.1) is 0 Å². The van der Waals surface area contributed by atoms with Crippen LogP contribution < -0.4 is 10.3 Å². The van der Waals surface area contributed by atoms with Crippen molar-refractivity contribution in [2.45, 2.75) is 0 Å². The monoisotopic (exact) mass is 321 g/mol. The van der Waals surface area contributed by atoms with Crippen molar-refractivity contribution in [3.63, 3.8) is 0 Å². The first kappa shape index (κ1) is 14.2. The van der Waals surface area contributed by atoms with Crippen LogP contribution in [-0.4, -0.2) is 15.1 Å². The zero-order chi connectivity index (χ0) is 16.5. The van der Waals surface area contributed by atoms with Crippen LogP contribution in [0.3, 0.4) is 0 Å². The maximum atomic E-state index is 13.3. The van der Waals surface area contributed by atoms with Crippen LogP contribution in [0.1, 0.15) is 0 Å². The van der Waals surface area contributed by atoms with E-state index in [-0.39, 0.29) is 11.6 Å². The van der Waals surface area contributed by atoms with Crippen LogP contribution in [0.2, 0.25) is 0 Å². The fourth-order valence-corrected chi connectivity index (χ4v) is 2.59. The fraction of sp³-hybridized carbons (Fsp3) is 0. The van der Waals surface area contributed by atoms with E-state index in [0.717, 1.165) is 22.3 Å². The predicted octanol–water partition coefficient (Wildman–Crippen LogP) is 3.63. The van der Waals surface area contributed by atoms with Crippen LogP contribution in [0.4, 0.5) is 15.9 Å². The van der Waals surface area contributed by atoms with E-state index in [0.29, 0.717) is 11.5 Å². The number of phenolic OH excluding ortho intramolecular Hbond substituents is 1. The predicted molar refractivity (Wildman–Crippen MR) is 89.4 cm³/mol. The van der Waals surface area contributed by atoms with Crippen LogP contribution in [0.15, 0.2) is 60.9 Å². The van der Waals surface area contributed by atoms with Gasteiger partial charge in [-0.3, -0.25) is 4.98 Å². The van der Waals surface area contributed by atoms with Gasteiger partial charge in [-0.25, -0.2) is 9.37 Å². The highest BCUT2D eigenvalue weighted by Crippen LogP contribution is 2.28. The zero-order valence-electron chi connectivity index (χ0n) is 12.5. The van der Waals surface area contributed by atoms with Gasteiger partial charge in [0.2, 0.25) is 17.8 Å². The van der Waals surface area contributed by atoms with Crippen molar-refractivity contribution in [1.82, 2.24) is 9.97 Å². The summed E-state index contributed by atoms with van der Waals surface area (Å²) in [6.45, 7) is 0. The Morgan fingerprint density at radius 2 is 1.92 bits per heavy atom. The third-order valence-electron chi connectivity index (χ3n) is 3.74. The van der Waals surface area contributed by atoms with Crippen molar-refractivity contribution < 1.29 is 14.5 Å². The number of rotatable bonds is 3. The number of hydrogen-bond donors (Lipinski definition) is 3. The van der Waals surface area contributed by atoms with E-state index >= 15 is 0 Å². The standard InChI is InChI=1S/C18H13FN4O/c19-12-2-1-3-13(8-12)22-17-15-9-16(23-18(15)21-10-20-17)11-4-6-14(24)7-5-11/h1-10,24H,(H2,20,21,22,23)/p+1. The average molecular weight is 321 g/mol. The summed E-state index contributed by atoms with van der Waals surface area (Å²) in [7, 11) is 0. The van der Waals surface area contributed by atoms with Crippen molar-refractivity contribution in [2.24, 2.45) is 0 Å². The number of halogens is 1. The van der Waals surface area contributed by atoms with Crippen molar-refractivity contribution >= 4 is 22.5 Å². The summed E-state index contributed by atoms with van der Waals surface area (Å²) in [4.78, 5) is 10.6. The number of hydrogen-bond acceptors (Lipinski definition) is 3. The van der Waals surface area contributed by atoms with Gasteiger partial charge in [0.25, 0.3) is 0 Å². The largest absolute Gasteiger partial charge is 0.508 e. The molecule has 0 spiro atoms. The van der Waals surface area contributed by atoms with Crippen molar-refractivity contribution in [2.75, 3.05) is 5.32 Å². The molecule has 4 N–H and O–H groups in total. The molecule has 0 amide bonds. The Hall–Kier alpha value is -3.41. The van der Waals surface area contributed by atoms with E-state index in [4.69, 9.17) is 0 Å². The number of aromatic amines is 2. The summed E-state index contributed by atoms with van der Waals surface area (Å²) >= 11 is 0. The number of H-pyrrole nitrogens is 2. The average Bonchev–Trinajstić information content (AvgIpc) is 3.01. The molecule has 0 fully saturated rings. The second-order valence-corrected chi connectivity index (χ2v) is 5.41. The normalized spacial score (nSPS) is 10.9. The second kappa shape index (κ2) is 5.66. The van der Waals surface area contributed by atoms with Crippen LogP contribution in [0.5, 0.6) is 5.75 Å². The number of nitrogens with one attached hydrogen (secondary N) is 3. The smallest absolute Gasteiger partial charge is 0.236 e. The van der Waals surface area contributed by atoms with E-state index in [9.17, 15) is 9.50 Å². The molecule has 0 saturated heterocycles. The number of nitrogens with zero attached hydrogens (tertiary/aromatic N) is 1. The Morgan fingerprint density at radius 3 is 2.71 bits per heavy atom. The lowest BCUT2D eigenvalue weighted by Gasteiger charge is -2.02. The molecule has 5 nitrogen and oxygen atoms in total. The molecule has 24 heavy (non-hydrogen) atoms. The van der Waals surface area contributed by atoms with Gasteiger partial charge in [0.1, 0.15) is 22.6 Å². The number of anilines is 2. The molecule has 2 heterocycles. The minimum Gasteiger partial charge on any atom is -0.508 e. The van der Waals surface area contributed by atoms with Gasteiger partial charge in [-0.05, 0) is 48.5 Å². The van der Waals surface area contributed by atoms with E-state index in [1.54, 1.807) is 30.6 Å². The molecule has 0 unspecified atom stereocenters. The SMILES string of the molecule is Oc1ccc(-c2cc3c(Nc4cccc(F)c4)nc[nH+]c3[nH]2)cc1. The first-order valence-electron chi connectivity index (χ1n) is 7.40. The molecule has 6 heteroatoms. The van der Waals surface area contributed by atoms with E-state index in [2.05, 4.69) is 20.3 Å². The molecule has 2 aromatic heterocycles. The summed E-state index contributed by atoms with van der Waals surface area (Å²) in [6.07, 6.45) is 1.57. The summed E-state index contributed by atoms with van der Waals surface area (Å²) in [5, 5.41) is 13.4. The molecule has 118 valence electrons. The second-order valence-electron chi connectivity index (χ2n) is 5.41. The molecular formula is C18H14FN4O+. The van der Waals surface area contributed by atoms with Crippen molar-refractivity contribution in [3.8, 4) is 17.0 Å². The Kier molecular flexibility index (Phi) is 3.35. The van der Waals surface area contributed by atoms with Gasteiger partial charge in [0.15, 0.2) is 0 Å². The van der Waals surface area contributed by atoms with Gasteiger partial charge >= 0.3 is 0 Å². The zero-order valence-corrected chi connectivity index (χ0v) is 12.5. The van der Waals surface area contributed by atoms with E-state index in [1.807, 2.05) is 18.2 Å². The highest BCUT2D eigenvalue weighted by molar-refractivity contribution is 5.91. The van der Waals surface area contributed by atoms with Crippen LogP contribution >= 0.6 is 0 Å². The first-order valence-corrected chi connectivity index (χ1v) is 7.40. The third kappa shape index (κ3) is 2.65. The van der Waals surface area contributed by atoms with Gasteiger partial charge in [-0.15, -0.1) is 0 Å². The van der Waals surface area contributed by atoms with E-state index < -0.39 is 0 Å². The number of fused-ring (bicyclic) bond motifs is 1. The fourth-order valence-electron chi connectivity index (χ4n) is 2.59. The number of aromatic hydroxyl groups is 1. The molecule has 2 aromatic carbocycles. The lowest BCUT2D eigenvalue weighted by Crippen LogP contribution is -2.06. The lowest BCUT2D eigenvalue weighted by atomic mass is 10.1. The summed E-state index contributed by atoms with van der Waals surface area (Å²) in [5.41, 5.74) is 3.25. The summed E-state index contributed by atoms with van der Waals surface area (Å²) < 4.78 is 13.3. The molecule has 0 atom stereocenters. The Morgan fingerprint density at radius 1 is 1.08 bits per heavy atom. The Bertz CT molecular complexity index is 1010. The number of aromatic nitrogens is 3. The van der Waals surface area contributed by atoms with Gasteiger partial charge < -0.3 is 10.4 Å². The molecule has 4 aromatic rings. The molecule has 0 radical (unpaired) electrons. The van der Waals surface area contributed by atoms with E-state index in [1.165, 1.54) is 12.1 Å². The molecule has 0 bridgehead atoms. The number of benzene rings is 2. The Balaban J connectivity index is 1.76. The quantitative estimate of drug-likeness (QED) is 0.539. The highest BCUT2D eigenvalue weighted by atomic mass is 19.1. The van der Waals surface area contributed by atoms with Crippen molar-refractivity contribution in [3.05, 3.63) is 66.7 Å². The molecule has 0 aliphatic carbocycles. The van der Waals surface area contributed by atoms with Crippen LogP contribution in [0.25, 0.3) is 22.3 Å². The van der Waals surface area contributed by atoms with Crippen LogP contribution in [0, 0.1) is 5.82 Å². The topological polar surface area (TPSA) is 75.1 Å². The number of phenols is 1. The molecule has 0 aliphatic heterocycles. The van der Waals surface area contributed by atoms with Crippen molar-refractivity contribution in [1.29, 1.82) is 0 Å². The minimum absolute atomic E-state index is 0.219. The molecule has 4 rings (SSSR count). The van der Waals surface area contributed by atoms with Gasteiger partial charge in [-0.1, -0.05) is 11.1 Å². The maximum Gasteiger partial charge on any atom is 0.236 e. The summed E-state index contributed by atoms with van der Waals surface area (Å²) in [6, 6.07) is 15.1. The minimum atomic E-state index is -0.308. The third-order valence-corrected chi connectivity index (χ3v) is 3.74. The molecule has 0 saturated carbocycles. The lowest BCUT2D eigenvalue weighted by molar-refractivity contribution is -0.352. The van der Waals surface area contributed by atoms with Gasteiger partial charge in [0, 0.05) is 11.3 Å². The first-order chi connectivity index (χ1) is 11.7. The summed E-state index contributed by atoms with van der Waals surface area (Å²) in [5.74, 6) is 0.532. The molecular weight excluding hydrogens is 307 g/mol. The maximum absolute atomic E-state index is 13.3. The Labute approximate surface area is 136 Å².